The van der Waals surface area contributed by atoms with Crippen LogP contribution in [0.15, 0.2) is 24.5 Å². The Kier molecular flexibility index (Phi) is 7.80. The molecule has 3 heterocycles. The quantitative estimate of drug-likeness (QED) is 0.730. The van der Waals surface area contributed by atoms with Crippen molar-refractivity contribution in [3.63, 3.8) is 0 Å². The molecule has 0 unspecified atom stereocenters. The van der Waals surface area contributed by atoms with Gasteiger partial charge in [0.15, 0.2) is 0 Å². The van der Waals surface area contributed by atoms with Crippen molar-refractivity contribution in [3.8, 4) is 0 Å². The Balaban J connectivity index is 1.41. The smallest absolute Gasteiger partial charge is 0.224 e. The minimum Gasteiger partial charge on any atom is -0.359 e. The summed E-state index contributed by atoms with van der Waals surface area (Å²) in [7, 11) is 1.69. The lowest BCUT2D eigenvalue weighted by molar-refractivity contribution is -0.127. The molecule has 154 valence electrons. The van der Waals surface area contributed by atoms with Crippen molar-refractivity contribution in [2.75, 3.05) is 39.8 Å². The number of aromatic nitrogens is 1. The van der Waals surface area contributed by atoms with Gasteiger partial charge in [-0.15, -0.1) is 0 Å². The molecular weight excluding hydrogens is 354 g/mol. The molecule has 1 atom stereocenters. The van der Waals surface area contributed by atoms with E-state index in [1.807, 2.05) is 12.1 Å². The highest BCUT2D eigenvalue weighted by Crippen LogP contribution is 2.24. The van der Waals surface area contributed by atoms with E-state index in [2.05, 4.69) is 25.4 Å². The number of piperidine rings is 2. The molecule has 1 aromatic heterocycles. The summed E-state index contributed by atoms with van der Waals surface area (Å²) >= 11 is 0. The van der Waals surface area contributed by atoms with Crippen molar-refractivity contribution < 1.29 is 9.59 Å². The van der Waals surface area contributed by atoms with E-state index in [4.69, 9.17) is 0 Å². The topological polar surface area (TPSA) is 77.6 Å². The van der Waals surface area contributed by atoms with Gasteiger partial charge in [-0.05, 0) is 56.9 Å². The third kappa shape index (κ3) is 6.01. The fourth-order valence-electron chi connectivity index (χ4n) is 4.28. The maximum absolute atomic E-state index is 12.6. The number of carbonyl (C=O) groups excluding carboxylic acids is 2. The highest BCUT2D eigenvalue weighted by atomic mass is 16.2. The molecule has 2 amide bonds. The molecule has 7 heteroatoms. The van der Waals surface area contributed by atoms with Crippen molar-refractivity contribution in [2.45, 2.75) is 44.7 Å². The zero-order valence-corrected chi connectivity index (χ0v) is 16.9. The van der Waals surface area contributed by atoms with Gasteiger partial charge in [-0.25, -0.2) is 0 Å². The number of hydrogen-bond acceptors (Lipinski definition) is 5. The van der Waals surface area contributed by atoms with E-state index >= 15 is 0 Å². The largest absolute Gasteiger partial charge is 0.359 e. The molecule has 28 heavy (non-hydrogen) atoms. The number of rotatable bonds is 7. The van der Waals surface area contributed by atoms with Crippen LogP contribution in [-0.4, -0.2) is 72.4 Å². The van der Waals surface area contributed by atoms with Crippen molar-refractivity contribution in [1.82, 2.24) is 25.4 Å². The summed E-state index contributed by atoms with van der Waals surface area (Å²) in [6.45, 7) is 5.42. The molecule has 0 radical (unpaired) electrons. The van der Waals surface area contributed by atoms with E-state index in [1.165, 1.54) is 0 Å². The number of hydrogen-bond donors (Lipinski definition) is 2. The molecule has 0 bridgehead atoms. The van der Waals surface area contributed by atoms with Crippen LogP contribution in [0, 0.1) is 5.92 Å². The Hall–Kier alpha value is -1.99. The fraction of sp³-hybridized carbons (Fsp3) is 0.667. The molecule has 0 spiro atoms. The van der Waals surface area contributed by atoms with Gasteiger partial charge < -0.3 is 15.5 Å². The van der Waals surface area contributed by atoms with Crippen molar-refractivity contribution in [1.29, 1.82) is 0 Å². The molecule has 2 aliphatic rings. The molecular formula is C21H33N5O2. The standard InChI is InChI=1S/C21H33N5O2/c1-22-20(27)8-13-25-11-6-19(7-12-25)26-10-3-5-18(16-26)21(28)24-15-17-4-2-9-23-14-17/h2,4,9,14,18-19H,3,5-8,10-13,15-16H2,1H3,(H,22,27)(H,24,28)/t18-/m1/s1. The van der Waals surface area contributed by atoms with E-state index in [9.17, 15) is 9.59 Å². The van der Waals surface area contributed by atoms with Gasteiger partial charge in [0.05, 0.1) is 5.92 Å². The van der Waals surface area contributed by atoms with Crippen LogP contribution >= 0.6 is 0 Å². The monoisotopic (exact) mass is 387 g/mol. The van der Waals surface area contributed by atoms with Crippen LogP contribution in [-0.2, 0) is 16.1 Å². The van der Waals surface area contributed by atoms with Crippen molar-refractivity contribution in [3.05, 3.63) is 30.1 Å². The summed E-state index contributed by atoms with van der Waals surface area (Å²) in [6.07, 6.45) is 8.42. The molecule has 7 nitrogen and oxygen atoms in total. The molecule has 2 fully saturated rings. The first-order valence-corrected chi connectivity index (χ1v) is 10.5. The van der Waals surface area contributed by atoms with E-state index in [0.29, 0.717) is 19.0 Å². The minimum atomic E-state index is 0.0803. The van der Waals surface area contributed by atoms with Gasteiger partial charge in [0, 0.05) is 51.5 Å². The molecule has 3 rings (SSSR count). The second-order valence-electron chi connectivity index (χ2n) is 7.91. The molecule has 0 saturated carbocycles. The molecule has 0 aromatic carbocycles. The van der Waals surface area contributed by atoms with E-state index < -0.39 is 0 Å². The lowest BCUT2D eigenvalue weighted by atomic mass is 9.93. The van der Waals surface area contributed by atoms with Crippen LogP contribution in [0.3, 0.4) is 0 Å². The molecule has 0 aliphatic carbocycles. The molecule has 2 saturated heterocycles. The second kappa shape index (κ2) is 10.5. The van der Waals surface area contributed by atoms with E-state index in [-0.39, 0.29) is 17.7 Å². The first-order valence-electron chi connectivity index (χ1n) is 10.5. The van der Waals surface area contributed by atoms with Gasteiger partial charge in [-0.2, -0.15) is 0 Å². The summed E-state index contributed by atoms with van der Waals surface area (Å²) in [4.78, 5) is 33.0. The average molecular weight is 388 g/mol. The van der Waals surface area contributed by atoms with Gasteiger partial charge in [0.1, 0.15) is 0 Å². The Morgan fingerprint density at radius 1 is 1.21 bits per heavy atom. The average Bonchev–Trinajstić information content (AvgIpc) is 2.77. The van der Waals surface area contributed by atoms with Crippen LogP contribution in [0.1, 0.15) is 37.7 Å². The minimum absolute atomic E-state index is 0.0803. The summed E-state index contributed by atoms with van der Waals surface area (Å²) in [6, 6.07) is 4.44. The summed E-state index contributed by atoms with van der Waals surface area (Å²) in [5, 5.41) is 5.77. The van der Waals surface area contributed by atoms with Crippen LogP contribution < -0.4 is 10.6 Å². The zero-order valence-electron chi connectivity index (χ0n) is 16.9. The van der Waals surface area contributed by atoms with Crippen LogP contribution in [0.4, 0.5) is 0 Å². The van der Waals surface area contributed by atoms with Gasteiger partial charge in [-0.1, -0.05) is 6.07 Å². The predicted octanol–water partition coefficient (Wildman–Crippen LogP) is 1.01. The van der Waals surface area contributed by atoms with Crippen molar-refractivity contribution in [2.24, 2.45) is 5.92 Å². The SMILES string of the molecule is CNC(=O)CCN1CCC(N2CCC[C@@H](C(=O)NCc3cccnc3)C2)CC1. The second-order valence-corrected chi connectivity index (χ2v) is 7.91. The van der Waals surface area contributed by atoms with Crippen LogP contribution in [0.25, 0.3) is 0 Å². The third-order valence-electron chi connectivity index (χ3n) is 6.02. The van der Waals surface area contributed by atoms with Crippen LogP contribution in [0.5, 0.6) is 0 Å². The van der Waals surface area contributed by atoms with Gasteiger partial charge in [0.25, 0.3) is 0 Å². The molecule has 2 N–H and O–H groups in total. The highest BCUT2D eigenvalue weighted by molar-refractivity contribution is 5.79. The molecule has 2 aliphatic heterocycles. The lowest BCUT2D eigenvalue weighted by Gasteiger charge is -2.42. The van der Waals surface area contributed by atoms with Crippen LogP contribution in [0.2, 0.25) is 0 Å². The predicted molar refractivity (Wildman–Crippen MR) is 109 cm³/mol. The number of pyridine rings is 1. The fourth-order valence-corrected chi connectivity index (χ4v) is 4.28. The summed E-state index contributed by atoms with van der Waals surface area (Å²) < 4.78 is 0. The number of carbonyl (C=O) groups is 2. The maximum Gasteiger partial charge on any atom is 0.224 e. The normalized spacial score (nSPS) is 22.0. The van der Waals surface area contributed by atoms with Gasteiger partial charge in [0.2, 0.25) is 11.8 Å². The summed E-state index contributed by atoms with van der Waals surface area (Å²) in [5.74, 6) is 0.353. The zero-order chi connectivity index (χ0) is 19.8. The van der Waals surface area contributed by atoms with E-state index in [1.54, 1.807) is 19.4 Å². The first kappa shape index (κ1) is 20.7. The third-order valence-corrected chi connectivity index (χ3v) is 6.02. The van der Waals surface area contributed by atoms with Gasteiger partial charge in [-0.3, -0.25) is 19.5 Å². The first-order chi connectivity index (χ1) is 13.7. The number of nitrogens with one attached hydrogen (secondary N) is 2. The number of nitrogens with zero attached hydrogens (tertiary/aromatic N) is 3. The lowest BCUT2D eigenvalue weighted by Crippen LogP contribution is -2.51. The summed E-state index contributed by atoms with van der Waals surface area (Å²) in [5.41, 5.74) is 1.03. The number of amides is 2. The maximum atomic E-state index is 12.6. The van der Waals surface area contributed by atoms with Crippen molar-refractivity contribution >= 4 is 11.8 Å². The highest BCUT2D eigenvalue weighted by Gasteiger charge is 2.31. The Labute approximate surface area is 167 Å². The Morgan fingerprint density at radius 3 is 2.75 bits per heavy atom. The van der Waals surface area contributed by atoms with E-state index in [0.717, 1.165) is 64.0 Å². The Bertz CT molecular complexity index is 631. The number of likely N-dealkylation sites (tertiary alicyclic amines) is 2. The Morgan fingerprint density at radius 2 is 2.04 bits per heavy atom. The molecule has 1 aromatic rings. The van der Waals surface area contributed by atoms with Gasteiger partial charge >= 0.3 is 0 Å².